The summed E-state index contributed by atoms with van der Waals surface area (Å²) in [5.74, 6) is 1.97. The summed E-state index contributed by atoms with van der Waals surface area (Å²) in [4.78, 5) is 0. The topological polar surface area (TPSA) is 30.5 Å². The van der Waals surface area contributed by atoms with Gasteiger partial charge in [0.25, 0.3) is 0 Å². The monoisotopic (exact) mass is 259 g/mol. The molecule has 2 saturated heterocycles. The number of thioether (sulfide) groups is 1. The molecule has 0 radical (unpaired) electrons. The van der Waals surface area contributed by atoms with Crippen molar-refractivity contribution in [2.75, 3.05) is 38.9 Å². The molecule has 0 aromatic rings. The molecule has 1 N–H and O–H groups in total. The quantitative estimate of drug-likeness (QED) is 0.835. The third kappa shape index (κ3) is 3.37. The Kier molecular flexibility index (Phi) is 5.15. The van der Waals surface area contributed by atoms with Crippen LogP contribution in [-0.4, -0.2) is 50.5 Å². The van der Waals surface area contributed by atoms with Gasteiger partial charge in [0, 0.05) is 31.6 Å². The van der Waals surface area contributed by atoms with Crippen LogP contribution in [-0.2, 0) is 9.47 Å². The smallest absolute Gasteiger partial charge is 0.0729 e. The largest absolute Gasteiger partial charge is 0.381 e. The molecule has 2 fully saturated rings. The first-order valence-corrected chi connectivity index (χ1v) is 8.07. The number of hydrogen-bond acceptors (Lipinski definition) is 4. The van der Waals surface area contributed by atoms with Crippen LogP contribution in [0, 0.1) is 5.92 Å². The fourth-order valence-electron chi connectivity index (χ4n) is 3.14. The average Bonchev–Trinajstić information content (AvgIpc) is 2.37. The maximum atomic E-state index is 6.09. The third-order valence-electron chi connectivity index (χ3n) is 4.22. The van der Waals surface area contributed by atoms with E-state index in [9.17, 15) is 0 Å². The molecule has 0 aliphatic carbocycles. The van der Waals surface area contributed by atoms with Crippen molar-refractivity contribution in [2.24, 2.45) is 5.92 Å². The Balaban J connectivity index is 1.95. The SMILES string of the molecule is CNC(CSC)C1CCOC2(CCOCC2)C1. The van der Waals surface area contributed by atoms with E-state index in [4.69, 9.17) is 9.47 Å². The van der Waals surface area contributed by atoms with Crippen molar-refractivity contribution in [3.8, 4) is 0 Å². The Bertz CT molecular complexity index is 226. The molecule has 1 spiro atoms. The second kappa shape index (κ2) is 6.41. The zero-order valence-corrected chi connectivity index (χ0v) is 11.9. The highest BCUT2D eigenvalue weighted by atomic mass is 32.2. The molecule has 2 aliphatic heterocycles. The summed E-state index contributed by atoms with van der Waals surface area (Å²) in [7, 11) is 2.09. The summed E-state index contributed by atoms with van der Waals surface area (Å²) in [5.41, 5.74) is 0.134. The first-order valence-electron chi connectivity index (χ1n) is 6.67. The molecular weight excluding hydrogens is 234 g/mol. The number of ether oxygens (including phenoxy) is 2. The lowest BCUT2D eigenvalue weighted by Crippen LogP contribution is -2.49. The molecule has 2 atom stereocenters. The summed E-state index contributed by atoms with van der Waals surface area (Å²) in [6.07, 6.45) is 6.77. The molecule has 0 aromatic heterocycles. The zero-order valence-electron chi connectivity index (χ0n) is 11.0. The summed E-state index contributed by atoms with van der Waals surface area (Å²) >= 11 is 1.94. The highest BCUT2D eigenvalue weighted by Crippen LogP contribution is 2.38. The number of nitrogens with one attached hydrogen (secondary N) is 1. The molecule has 0 saturated carbocycles. The van der Waals surface area contributed by atoms with Gasteiger partial charge in [0.1, 0.15) is 0 Å². The van der Waals surface area contributed by atoms with E-state index in [0.717, 1.165) is 38.6 Å². The first kappa shape index (κ1) is 13.7. The minimum absolute atomic E-state index is 0.134. The molecule has 0 aromatic carbocycles. The Morgan fingerprint density at radius 1 is 1.35 bits per heavy atom. The molecule has 0 bridgehead atoms. The standard InChI is InChI=1S/C13H25NO2S/c1-14-12(10-17-2)11-3-6-16-13(9-11)4-7-15-8-5-13/h11-12,14H,3-10H2,1-2H3. The van der Waals surface area contributed by atoms with Crippen LogP contribution >= 0.6 is 11.8 Å². The molecule has 2 heterocycles. The number of hydrogen-bond donors (Lipinski definition) is 1. The molecule has 0 amide bonds. The van der Waals surface area contributed by atoms with Crippen molar-refractivity contribution < 1.29 is 9.47 Å². The predicted molar refractivity (Wildman–Crippen MR) is 72.7 cm³/mol. The molecule has 2 rings (SSSR count). The van der Waals surface area contributed by atoms with E-state index in [1.165, 1.54) is 18.6 Å². The van der Waals surface area contributed by atoms with Crippen LogP contribution in [0.2, 0.25) is 0 Å². The molecule has 100 valence electrons. The molecular formula is C13H25NO2S. The fourth-order valence-corrected chi connectivity index (χ4v) is 3.93. The summed E-state index contributed by atoms with van der Waals surface area (Å²) in [6.45, 7) is 2.68. The van der Waals surface area contributed by atoms with Gasteiger partial charge in [-0.2, -0.15) is 11.8 Å². The van der Waals surface area contributed by atoms with Crippen molar-refractivity contribution in [3.05, 3.63) is 0 Å². The van der Waals surface area contributed by atoms with Crippen LogP contribution < -0.4 is 5.32 Å². The highest BCUT2D eigenvalue weighted by molar-refractivity contribution is 7.98. The van der Waals surface area contributed by atoms with Gasteiger partial charge in [0.05, 0.1) is 5.60 Å². The van der Waals surface area contributed by atoms with Gasteiger partial charge < -0.3 is 14.8 Å². The minimum Gasteiger partial charge on any atom is -0.381 e. The van der Waals surface area contributed by atoms with Crippen LogP contribution in [0.1, 0.15) is 25.7 Å². The van der Waals surface area contributed by atoms with E-state index >= 15 is 0 Å². The van der Waals surface area contributed by atoms with Gasteiger partial charge in [0.15, 0.2) is 0 Å². The lowest BCUT2D eigenvalue weighted by atomic mass is 9.78. The highest BCUT2D eigenvalue weighted by Gasteiger charge is 2.40. The molecule has 17 heavy (non-hydrogen) atoms. The maximum Gasteiger partial charge on any atom is 0.0729 e. The fraction of sp³-hybridized carbons (Fsp3) is 1.00. The maximum absolute atomic E-state index is 6.09. The second-order valence-corrected chi connectivity index (χ2v) is 6.16. The van der Waals surface area contributed by atoms with Crippen molar-refractivity contribution in [2.45, 2.75) is 37.3 Å². The lowest BCUT2D eigenvalue weighted by Gasteiger charge is -2.45. The summed E-state index contributed by atoms with van der Waals surface area (Å²) < 4.78 is 11.6. The van der Waals surface area contributed by atoms with E-state index < -0.39 is 0 Å². The van der Waals surface area contributed by atoms with E-state index in [1.807, 2.05) is 11.8 Å². The average molecular weight is 259 g/mol. The Hall–Kier alpha value is 0.230. The first-order chi connectivity index (χ1) is 8.29. The zero-order chi connectivity index (χ0) is 12.1. The number of rotatable bonds is 4. The van der Waals surface area contributed by atoms with Gasteiger partial charge in [-0.15, -0.1) is 0 Å². The third-order valence-corrected chi connectivity index (χ3v) is 4.91. The summed E-state index contributed by atoms with van der Waals surface area (Å²) in [5, 5.41) is 3.49. The van der Waals surface area contributed by atoms with Gasteiger partial charge >= 0.3 is 0 Å². The van der Waals surface area contributed by atoms with E-state index in [0.29, 0.717) is 6.04 Å². The molecule has 2 unspecified atom stereocenters. The van der Waals surface area contributed by atoms with Gasteiger partial charge in [-0.05, 0) is 44.9 Å². The predicted octanol–water partition coefficient (Wildman–Crippen LogP) is 1.91. The summed E-state index contributed by atoms with van der Waals surface area (Å²) in [6, 6.07) is 0.633. The Morgan fingerprint density at radius 3 is 2.76 bits per heavy atom. The van der Waals surface area contributed by atoms with Gasteiger partial charge in [0.2, 0.25) is 0 Å². The van der Waals surface area contributed by atoms with E-state index in [1.54, 1.807) is 0 Å². The lowest BCUT2D eigenvalue weighted by molar-refractivity contribution is -0.149. The van der Waals surface area contributed by atoms with Crippen molar-refractivity contribution in [1.29, 1.82) is 0 Å². The van der Waals surface area contributed by atoms with Crippen LogP contribution in [0.15, 0.2) is 0 Å². The normalized spacial score (nSPS) is 30.4. The molecule has 4 heteroatoms. The van der Waals surface area contributed by atoms with Crippen molar-refractivity contribution in [3.63, 3.8) is 0 Å². The van der Waals surface area contributed by atoms with Gasteiger partial charge in [-0.3, -0.25) is 0 Å². The van der Waals surface area contributed by atoms with E-state index in [-0.39, 0.29) is 5.60 Å². The van der Waals surface area contributed by atoms with Gasteiger partial charge in [-0.1, -0.05) is 0 Å². The van der Waals surface area contributed by atoms with E-state index in [2.05, 4.69) is 18.6 Å². The second-order valence-electron chi connectivity index (χ2n) is 5.25. The molecule has 2 aliphatic rings. The van der Waals surface area contributed by atoms with Crippen LogP contribution in [0.25, 0.3) is 0 Å². The molecule has 3 nitrogen and oxygen atoms in total. The van der Waals surface area contributed by atoms with Crippen molar-refractivity contribution >= 4 is 11.8 Å². The van der Waals surface area contributed by atoms with Gasteiger partial charge in [-0.25, -0.2) is 0 Å². The van der Waals surface area contributed by atoms with Crippen LogP contribution in [0.4, 0.5) is 0 Å². The van der Waals surface area contributed by atoms with Crippen LogP contribution in [0.5, 0.6) is 0 Å². The Morgan fingerprint density at radius 2 is 2.12 bits per heavy atom. The van der Waals surface area contributed by atoms with Crippen molar-refractivity contribution in [1.82, 2.24) is 5.32 Å². The minimum atomic E-state index is 0.134. The Labute approximate surface area is 109 Å². The van der Waals surface area contributed by atoms with Crippen LogP contribution in [0.3, 0.4) is 0 Å².